The van der Waals surface area contributed by atoms with E-state index in [-0.39, 0.29) is 5.15 Å². The Labute approximate surface area is 113 Å². The summed E-state index contributed by atoms with van der Waals surface area (Å²) in [6.07, 6.45) is 0.686. The van der Waals surface area contributed by atoms with Crippen molar-refractivity contribution >= 4 is 17.4 Å². The molecule has 18 heavy (non-hydrogen) atoms. The molecular formula is C13H18ClN3O. The largest absolute Gasteiger partial charge is 0.388 e. The summed E-state index contributed by atoms with van der Waals surface area (Å²) in [7, 11) is 0. The van der Waals surface area contributed by atoms with Crippen molar-refractivity contribution < 1.29 is 5.11 Å². The number of nitriles is 1. The van der Waals surface area contributed by atoms with E-state index in [0.29, 0.717) is 30.3 Å². The molecule has 0 saturated heterocycles. The van der Waals surface area contributed by atoms with Crippen LogP contribution in [0, 0.1) is 17.2 Å². The number of nitrogens with zero attached hydrogens (tertiary/aromatic N) is 2. The molecule has 2 N–H and O–H groups in total. The number of anilines is 1. The van der Waals surface area contributed by atoms with Gasteiger partial charge in [0.05, 0.1) is 17.2 Å². The first-order valence-corrected chi connectivity index (χ1v) is 6.24. The Hall–Kier alpha value is -1.31. The number of aromatic nitrogens is 1. The quantitative estimate of drug-likeness (QED) is 0.805. The van der Waals surface area contributed by atoms with E-state index < -0.39 is 5.60 Å². The van der Waals surface area contributed by atoms with Crippen LogP contribution in [0.4, 0.5) is 5.82 Å². The summed E-state index contributed by atoms with van der Waals surface area (Å²) in [6, 6.07) is 5.12. The summed E-state index contributed by atoms with van der Waals surface area (Å²) < 4.78 is 0. The molecule has 98 valence electrons. The highest BCUT2D eigenvalue weighted by Gasteiger charge is 2.21. The lowest BCUT2D eigenvalue weighted by atomic mass is 9.94. The molecular weight excluding hydrogens is 250 g/mol. The standard InChI is InChI=1S/C13H18ClN3O/c1-9(2)6-13(3,18)8-16-12-5-10(7-15)4-11(14)17-12/h4-5,9,18H,6,8H2,1-3H3,(H,16,17). The molecule has 0 aliphatic carbocycles. The van der Waals surface area contributed by atoms with Gasteiger partial charge in [-0.2, -0.15) is 5.26 Å². The number of nitrogens with one attached hydrogen (secondary N) is 1. The van der Waals surface area contributed by atoms with Gasteiger partial charge in [0.1, 0.15) is 11.0 Å². The van der Waals surface area contributed by atoms with Crippen molar-refractivity contribution in [2.24, 2.45) is 5.92 Å². The predicted molar refractivity (Wildman–Crippen MR) is 72.5 cm³/mol. The third-order valence-corrected chi connectivity index (χ3v) is 2.62. The minimum absolute atomic E-state index is 0.264. The van der Waals surface area contributed by atoms with E-state index >= 15 is 0 Å². The maximum atomic E-state index is 10.2. The molecule has 0 aliphatic heterocycles. The molecule has 1 rings (SSSR count). The van der Waals surface area contributed by atoms with E-state index in [2.05, 4.69) is 24.1 Å². The van der Waals surface area contributed by atoms with Crippen molar-refractivity contribution in [1.82, 2.24) is 4.98 Å². The third-order valence-electron chi connectivity index (χ3n) is 2.42. The number of hydrogen-bond donors (Lipinski definition) is 2. The van der Waals surface area contributed by atoms with Crippen LogP contribution >= 0.6 is 11.6 Å². The second-order valence-electron chi connectivity index (χ2n) is 5.12. The third kappa shape index (κ3) is 4.91. The zero-order chi connectivity index (χ0) is 13.8. The average Bonchev–Trinajstić information content (AvgIpc) is 2.24. The minimum Gasteiger partial charge on any atom is -0.388 e. The van der Waals surface area contributed by atoms with Crippen LogP contribution in [-0.2, 0) is 0 Å². The Morgan fingerprint density at radius 2 is 2.22 bits per heavy atom. The maximum Gasteiger partial charge on any atom is 0.132 e. The van der Waals surface area contributed by atoms with Gasteiger partial charge in [0, 0.05) is 6.54 Å². The van der Waals surface area contributed by atoms with Crippen molar-refractivity contribution in [2.45, 2.75) is 32.8 Å². The molecule has 1 unspecified atom stereocenters. The average molecular weight is 268 g/mol. The van der Waals surface area contributed by atoms with Gasteiger partial charge in [0.15, 0.2) is 0 Å². The van der Waals surface area contributed by atoms with Crippen molar-refractivity contribution in [3.8, 4) is 6.07 Å². The molecule has 0 aliphatic rings. The van der Waals surface area contributed by atoms with Crippen LogP contribution in [0.2, 0.25) is 5.15 Å². The van der Waals surface area contributed by atoms with E-state index in [1.807, 2.05) is 6.07 Å². The van der Waals surface area contributed by atoms with Crippen LogP contribution < -0.4 is 5.32 Å². The predicted octanol–water partition coefficient (Wildman–Crippen LogP) is 2.82. The highest BCUT2D eigenvalue weighted by Crippen LogP contribution is 2.18. The normalized spacial score (nSPS) is 14.1. The van der Waals surface area contributed by atoms with Crippen molar-refractivity contribution in [1.29, 1.82) is 5.26 Å². The van der Waals surface area contributed by atoms with Crippen LogP contribution in [0.1, 0.15) is 32.8 Å². The smallest absolute Gasteiger partial charge is 0.132 e. The second kappa shape index (κ2) is 6.03. The highest BCUT2D eigenvalue weighted by atomic mass is 35.5. The van der Waals surface area contributed by atoms with Gasteiger partial charge < -0.3 is 10.4 Å². The van der Waals surface area contributed by atoms with Crippen LogP contribution in [0.5, 0.6) is 0 Å². The van der Waals surface area contributed by atoms with Gasteiger partial charge in [-0.25, -0.2) is 4.98 Å². The number of pyridine rings is 1. The summed E-state index contributed by atoms with van der Waals surface area (Å²) in [4.78, 5) is 4.06. The summed E-state index contributed by atoms with van der Waals surface area (Å²) >= 11 is 5.80. The van der Waals surface area contributed by atoms with Gasteiger partial charge in [-0.3, -0.25) is 0 Å². The fourth-order valence-electron chi connectivity index (χ4n) is 1.88. The molecule has 0 aromatic carbocycles. The van der Waals surface area contributed by atoms with E-state index in [9.17, 15) is 5.11 Å². The number of hydrogen-bond acceptors (Lipinski definition) is 4. The van der Waals surface area contributed by atoms with Gasteiger partial charge in [-0.1, -0.05) is 25.4 Å². The van der Waals surface area contributed by atoms with Gasteiger partial charge in [0.25, 0.3) is 0 Å². The van der Waals surface area contributed by atoms with E-state index in [0.717, 1.165) is 0 Å². The molecule has 4 nitrogen and oxygen atoms in total. The Morgan fingerprint density at radius 1 is 1.56 bits per heavy atom. The topological polar surface area (TPSA) is 68.9 Å². The summed E-state index contributed by atoms with van der Waals surface area (Å²) in [6.45, 7) is 6.25. The molecule has 0 saturated carbocycles. The number of halogens is 1. The lowest BCUT2D eigenvalue weighted by Gasteiger charge is -2.25. The second-order valence-corrected chi connectivity index (χ2v) is 5.51. The van der Waals surface area contributed by atoms with Crippen molar-refractivity contribution in [3.63, 3.8) is 0 Å². The first-order chi connectivity index (χ1) is 8.32. The molecule has 1 aromatic heterocycles. The SMILES string of the molecule is CC(C)CC(C)(O)CNc1cc(C#N)cc(Cl)n1. The fourth-order valence-corrected chi connectivity index (χ4v) is 2.09. The van der Waals surface area contributed by atoms with Crippen LogP contribution in [0.3, 0.4) is 0 Å². The first kappa shape index (κ1) is 14.7. The number of rotatable bonds is 5. The highest BCUT2D eigenvalue weighted by molar-refractivity contribution is 6.29. The summed E-state index contributed by atoms with van der Waals surface area (Å²) in [5, 5.41) is 22.2. The Bertz CT molecular complexity index is 452. The molecule has 0 spiro atoms. The van der Waals surface area contributed by atoms with Crippen molar-refractivity contribution in [2.75, 3.05) is 11.9 Å². The Kier molecular flexibility index (Phi) is 4.94. The Morgan fingerprint density at radius 3 is 2.78 bits per heavy atom. The zero-order valence-electron chi connectivity index (χ0n) is 10.9. The molecule has 0 bridgehead atoms. The van der Waals surface area contributed by atoms with Crippen LogP contribution in [-0.4, -0.2) is 22.2 Å². The van der Waals surface area contributed by atoms with Gasteiger partial charge in [-0.15, -0.1) is 0 Å². The van der Waals surface area contributed by atoms with Gasteiger partial charge in [-0.05, 0) is 31.4 Å². The number of aliphatic hydroxyl groups is 1. The molecule has 1 aromatic rings. The van der Waals surface area contributed by atoms with Gasteiger partial charge >= 0.3 is 0 Å². The zero-order valence-corrected chi connectivity index (χ0v) is 11.6. The first-order valence-electron chi connectivity index (χ1n) is 5.86. The lowest BCUT2D eigenvalue weighted by molar-refractivity contribution is 0.0515. The van der Waals surface area contributed by atoms with E-state index in [4.69, 9.17) is 16.9 Å². The fraction of sp³-hybridized carbons (Fsp3) is 0.538. The lowest BCUT2D eigenvalue weighted by Crippen LogP contribution is -2.35. The maximum absolute atomic E-state index is 10.2. The summed E-state index contributed by atoms with van der Waals surface area (Å²) in [5.74, 6) is 0.909. The van der Waals surface area contributed by atoms with E-state index in [1.165, 1.54) is 6.07 Å². The van der Waals surface area contributed by atoms with Gasteiger partial charge in [0.2, 0.25) is 0 Å². The summed E-state index contributed by atoms with van der Waals surface area (Å²) in [5.41, 5.74) is -0.369. The molecule has 0 radical (unpaired) electrons. The van der Waals surface area contributed by atoms with Crippen LogP contribution in [0.25, 0.3) is 0 Å². The monoisotopic (exact) mass is 267 g/mol. The molecule has 0 amide bonds. The van der Waals surface area contributed by atoms with E-state index in [1.54, 1.807) is 13.0 Å². The Balaban J connectivity index is 2.69. The molecule has 1 heterocycles. The molecule has 1 atom stereocenters. The minimum atomic E-state index is -0.815. The molecule has 0 fully saturated rings. The molecule has 5 heteroatoms. The van der Waals surface area contributed by atoms with Crippen molar-refractivity contribution in [3.05, 3.63) is 22.8 Å². The van der Waals surface area contributed by atoms with Crippen LogP contribution in [0.15, 0.2) is 12.1 Å².